The summed E-state index contributed by atoms with van der Waals surface area (Å²) < 4.78 is 22.8. The predicted octanol–water partition coefficient (Wildman–Crippen LogP) is 2.99. The van der Waals surface area contributed by atoms with E-state index in [-0.39, 0.29) is 0 Å². The summed E-state index contributed by atoms with van der Waals surface area (Å²) in [6.07, 6.45) is 0.904. The van der Waals surface area contributed by atoms with Crippen LogP contribution < -0.4 is 0 Å². The Morgan fingerprint density at radius 3 is 2.69 bits per heavy atom. The van der Waals surface area contributed by atoms with Gasteiger partial charge in [0.25, 0.3) is 0 Å². The molecule has 1 aromatic carbocycles. The van der Waals surface area contributed by atoms with Crippen molar-refractivity contribution in [2.75, 3.05) is 6.61 Å². The second kappa shape index (κ2) is 6.58. The van der Waals surface area contributed by atoms with Gasteiger partial charge in [-0.3, -0.25) is 0 Å². The van der Waals surface area contributed by atoms with Crippen molar-refractivity contribution < 1.29 is 19.3 Å². The third-order valence-corrected chi connectivity index (χ3v) is 6.40. The van der Waals surface area contributed by atoms with Gasteiger partial charge in [0.15, 0.2) is 11.9 Å². The van der Waals surface area contributed by atoms with Gasteiger partial charge in [0.05, 0.1) is 12.3 Å². The number of fused-ring (bicyclic) bond motifs is 1. The van der Waals surface area contributed by atoms with Gasteiger partial charge in [0.1, 0.15) is 24.2 Å². The average molecular weight is 397 g/mol. The number of hydrogen-bond acceptors (Lipinski definition) is 5. The first-order valence-electron chi connectivity index (χ1n) is 9.93. The van der Waals surface area contributed by atoms with Gasteiger partial charge in [-0.25, -0.2) is 14.4 Å². The Bertz CT molecular complexity index is 1050. The molecule has 6 nitrogen and oxygen atoms in total. The molecule has 3 aromatic rings. The molecule has 152 valence electrons. The van der Waals surface area contributed by atoms with Crippen LogP contribution in [0.4, 0.5) is 4.39 Å². The molecular weight excluding hydrogens is 373 g/mol. The SMILES string of the molecule is Cc1ncnc2c1c(C1CC1c1ccccc1)cn2[C@@H]1O[C@H](CO)[C@@H](O)[C@@]1(C)F. The summed E-state index contributed by atoms with van der Waals surface area (Å²) in [5.74, 6) is 0.712. The largest absolute Gasteiger partial charge is 0.394 e. The van der Waals surface area contributed by atoms with E-state index in [0.717, 1.165) is 23.1 Å². The van der Waals surface area contributed by atoms with Crippen molar-refractivity contribution in [3.63, 3.8) is 0 Å². The summed E-state index contributed by atoms with van der Waals surface area (Å²) >= 11 is 0. The molecule has 0 bridgehead atoms. The fourth-order valence-electron chi connectivity index (χ4n) is 4.70. The lowest BCUT2D eigenvalue weighted by Gasteiger charge is -2.25. The van der Waals surface area contributed by atoms with E-state index in [0.29, 0.717) is 17.5 Å². The topological polar surface area (TPSA) is 80.4 Å². The van der Waals surface area contributed by atoms with Crippen LogP contribution in [0.5, 0.6) is 0 Å². The van der Waals surface area contributed by atoms with Crippen LogP contribution in [0.3, 0.4) is 0 Å². The molecule has 6 atom stereocenters. The highest BCUT2D eigenvalue weighted by molar-refractivity contribution is 5.84. The molecule has 0 spiro atoms. The second-order valence-electron chi connectivity index (χ2n) is 8.31. The monoisotopic (exact) mass is 397 g/mol. The second-order valence-corrected chi connectivity index (χ2v) is 8.31. The summed E-state index contributed by atoms with van der Waals surface area (Å²) in [5, 5.41) is 20.7. The molecule has 0 amide bonds. The number of rotatable bonds is 4. The molecule has 1 saturated carbocycles. The standard InChI is InChI=1S/C22H24FN3O3/c1-12-18-16(15-8-14(15)13-6-4-3-5-7-13)9-26(20(18)25-11-24-12)21-22(2,23)19(28)17(10-27)29-21/h3-7,9,11,14-15,17,19,21,27-28H,8,10H2,1-2H3/t14?,15?,17-,19-,21-,22-/m1/s1. The zero-order valence-corrected chi connectivity index (χ0v) is 16.4. The molecule has 1 aliphatic heterocycles. The Morgan fingerprint density at radius 2 is 2.00 bits per heavy atom. The molecule has 2 unspecified atom stereocenters. The highest BCUT2D eigenvalue weighted by atomic mass is 19.1. The van der Waals surface area contributed by atoms with E-state index in [1.54, 1.807) is 4.57 Å². The average Bonchev–Trinajstić information content (AvgIpc) is 3.37. The van der Waals surface area contributed by atoms with Crippen LogP contribution >= 0.6 is 0 Å². The molecular formula is C22H24FN3O3. The van der Waals surface area contributed by atoms with Crippen molar-refractivity contribution in [1.29, 1.82) is 0 Å². The number of aliphatic hydroxyl groups excluding tert-OH is 2. The van der Waals surface area contributed by atoms with Gasteiger partial charge in [-0.05, 0) is 43.2 Å². The van der Waals surface area contributed by atoms with Gasteiger partial charge in [0.2, 0.25) is 0 Å². The molecule has 2 aliphatic rings. The molecule has 1 aliphatic carbocycles. The van der Waals surface area contributed by atoms with Gasteiger partial charge < -0.3 is 19.5 Å². The van der Waals surface area contributed by atoms with Crippen molar-refractivity contribution in [3.8, 4) is 0 Å². The van der Waals surface area contributed by atoms with E-state index in [2.05, 4.69) is 22.1 Å². The molecule has 7 heteroatoms. The fourth-order valence-corrected chi connectivity index (χ4v) is 4.70. The van der Waals surface area contributed by atoms with E-state index in [1.807, 2.05) is 31.3 Å². The number of hydrogen-bond donors (Lipinski definition) is 2. The molecule has 2 aromatic heterocycles. The number of benzene rings is 1. The van der Waals surface area contributed by atoms with Crippen molar-refractivity contribution >= 4 is 11.0 Å². The van der Waals surface area contributed by atoms with Gasteiger partial charge in [0, 0.05) is 11.6 Å². The molecule has 2 N–H and O–H groups in total. The maximum absolute atomic E-state index is 15.4. The zero-order chi connectivity index (χ0) is 20.3. The molecule has 1 saturated heterocycles. The van der Waals surface area contributed by atoms with E-state index in [4.69, 9.17) is 4.74 Å². The van der Waals surface area contributed by atoms with Gasteiger partial charge >= 0.3 is 0 Å². The summed E-state index contributed by atoms with van der Waals surface area (Å²) in [4.78, 5) is 8.77. The normalized spacial score (nSPS) is 34.0. The quantitative estimate of drug-likeness (QED) is 0.708. The van der Waals surface area contributed by atoms with E-state index in [9.17, 15) is 10.2 Å². The Balaban J connectivity index is 1.60. The summed E-state index contributed by atoms with van der Waals surface area (Å²) in [6.45, 7) is 2.78. The summed E-state index contributed by atoms with van der Waals surface area (Å²) in [6, 6.07) is 10.4. The minimum Gasteiger partial charge on any atom is -0.394 e. The Morgan fingerprint density at radius 1 is 1.24 bits per heavy atom. The van der Waals surface area contributed by atoms with Crippen LogP contribution in [0.2, 0.25) is 0 Å². The van der Waals surface area contributed by atoms with Crippen LogP contribution in [-0.2, 0) is 4.74 Å². The van der Waals surface area contributed by atoms with Crippen LogP contribution in [0.15, 0.2) is 42.9 Å². The third kappa shape index (κ3) is 2.79. The first-order chi connectivity index (χ1) is 13.9. The third-order valence-electron chi connectivity index (χ3n) is 6.40. The van der Waals surface area contributed by atoms with Crippen LogP contribution in [-0.4, -0.2) is 49.2 Å². The number of alkyl halides is 1. The van der Waals surface area contributed by atoms with Crippen molar-refractivity contribution in [2.45, 2.75) is 56.2 Å². The Labute approximate surface area is 168 Å². The number of aryl methyl sites for hydroxylation is 1. The fraction of sp³-hybridized carbons (Fsp3) is 0.455. The lowest BCUT2D eigenvalue weighted by atomic mass is 9.98. The first kappa shape index (κ1) is 18.7. The number of halogens is 1. The van der Waals surface area contributed by atoms with E-state index < -0.39 is 30.7 Å². The number of ether oxygens (including phenoxy) is 1. The van der Waals surface area contributed by atoms with Gasteiger partial charge in [-0.1, -0.05) is 30.3 Å². The number of aliphatic hydroxyl groups is 2. The molecule has 2 fully saturated rings. The molecule has 3 heterocycles. The van der Waals surface area contributed by atoms with Crippen LogP contribution in [0, 0.1) is 6.92 Å². The Kier molecular flexibility index (Phi) is 4.24. The lowest BCUT2D eigenvalue weighted by Crippen LogP contribution is -2.40. The minimum atomic E-state index is -2.06. The van der Waals surface area contributed by atoms with Gasteiger partial charge in [-0.15, -0.1) is 0 Å². The highest BCUT2D eigenvalue weighted by Crippen LogP contribution is 2.57. The molecule has 29 heavy (non-hydrogen) atoms. The first-order valence-corrected chi connectivity index (χ1v) is 9.93. The smallest absolute Gasteiger partial charge is 0.181 e. The van der Waals surface area contributed by atoms with Crippen molar-refractivity contribution in [3.05, 3.63) is 59.7 Å². The maximum atomic E-state index is 15.4. The zero-order valence-electron chi connectivity index (χ0n) is 16.4. The Hall–Kier alpha value is -2.35. The summed E-state index contributed by atoms with van der Waals surface area (Å²) in [5.41, 5.74) is 1.73. The van der Waals surface area contributed by atoms with Crippen molar-refractivity contribution in [1.82, 2.24) is 14.5 Å². The lowest BCUT2D eigenvalue weighted by molar-refractivity contribution is -0.0564. The van der Waals surface area contributed by atoms with E-state index >= 15 is 4.39 Å². The van der Waals surface area contributed by atoms with E-state index in [1.165, 1.54) is 18.8 Å². The van der Waals surface area contributed by atoms with Crippen molar-refractivity contribution in [2.24, 2.45) is 0 Å². The summed E-state index contributed by atoms with van der Waals surface area (Å²) in [7, 11) is 0. The molecule has 0 radical (unpaired) electrons. The van der Waals surface area contributed by atoms with Crippen LogP contribution in [0.25, 0.3) is 11.0 Å². The van der Waals surface area contributed by atoms with Crippen LogP contribution in [0.1, 0.15) is 48.2 Å². The minimum absolute atomic E-state index is 0.302. The number of nitrogens with zero attached hydrogens (tertiary/aromatic N) is 3. The molecule has 5 rings (SSSR count). The number of aromatic nitrogens is 3. The maximum Gasteiger partial charge on any atom is 0.181 e. The highest BCUT2D eigenvalue weighted by Gasteiger charge is 2.55. The predicted molar refractivity (Wildman–Crippen MR) is 105 cm³/mol. The van der Waals surface area contributed by atoms with Gasteiger partial charge in [-0.2, -0.15) is 0 Å².